The molecule has 3 aliphatic heterocycles. The minimum absolute atomic E-state index is 0.0000610. The van der Waals surface area contributed by atoms with Crippen LogP contribution in [0.1, 0.15) is 24.0 Å². The molecule has 3 aromatic carbocycles. The van der Waals surface area contributed by atoms with Crippen LogP contribution in [0.5, 0.6) is 17.5 Å². The van der Waals surface area contributed by atoms with Crippen LogP contribution in [0.2, 0.25) is 5.02 Å². The number of benzene rings is 3. The van der Waals surface area contributed by atoms with Crippen molar-refractivity contribution >= 4 is 28.3 Å². The molecule has 7 rings (SSSR count). The van der Waals surface area contributed by atoms with E-state index in [-0.39, 0.29) is 27.7 Å². The Bertz CT molecular complexity index is 1620. The van der Waals surface area contributed by atoms with Crippen molar-refractivity contribution in [1.82, 2.24) is 20.2 Å². The fourth-order valence-corrected chi connectivity index (χ4v) is 6.57. The summed E-state index contributed by atoms with van der Waals surface area (Å²) in [6, 6.07) is 11.9. The SMILES string of the molecule is CN1CCc2cccc(Oc3nc(N4CC5CCC(C4)N5)c4cc(Cl)c(-c5c(O)cccc5F)c(F)c4n3)c2C1. The van der Waals surface area contributed by atoms with Crippen molar-refractivity contribution in [3.8, 4) is 28.6 Å². The second kappa shape index (κ2) is 9.83. The molecule has 4 aromatic rings. The molecule has 2 saturated heterocycles. The molecule has 2 bridgehead atoms. The van der Waals surface area contributed by atoms with Gasteiger partial charge in [0.25, 0.3) is 0 Å². The highest BCUT2D eigenvalue weighted by atomic mass is 35.5. The van der Waals surface area contributed by atoms with E-state index < -0.39 is 17.4 Å². The van der Waals surface area contributed by atoms with Crippen molar-refractivity contribution in [1.29, 1.82) is 0 Å². The first-order valence-corrected chi connectivity index (χ1v) is 13.9. The summed E-state index contributed by atoms with van der Waals surface area (Å²) >= 11 is 6.59. The zero-order valence-corrected chi connectivity index (χ0v) is 22.7. The zero-order valence-electron chi connectivity index (χ0n) is 21.9. The number of piperazine rings is 1. The van der Waals surface area contributed by atoms with Crippen LogP contribution >= 0.6 is 11.6 Å². The normalized spacial score (nSPS) is 20.6. The summed E-state index contributed by atoms with van der Waals surface area (Å²) in [6.07, 6.45) is 3.02. The maximum Gasteiger partial charge on any atom is 0.324 e. The van der Waals surface area contributed by atoms with Gasteiger partial charge in [-0.15, -0.1) is 0 Å². The number of aromatic hydroxyl groups is 1. The van der Waals surface area contributed by atoms with E-state index in [9.17, 15) is 9.50 Å². The van der Waals surface area contributed by atoms with Gasteiger partial charge in [-0.25, -0.2) is 8.78 Å². The molecule has 206 valence electrons. The van der Waals surface area contributed by atoms with Gasteiger partial charge in [0.1, 0.15) is 28.7 Å². The molecule has 0 saturated carbocycles. The minimum Gasteiger partial charge on any atom is -0.507 e. The van der Waals surface area contributed by atoms with Crippen molar-refractivity contribution < 1.29 is 18.6 Å². The van der Waals surface area contributed by atoms with E-state index in [4.69, 9.17) is 21.3 Å². The van der Waals surface area contributed by atoms with Crippen LogP contribution in [0.15, 0.2) is 42.5 Å². The van der Waals surface area contributed by atoms with Gasteiger partial charge in [0.15, 0.2) is 5.82 Å². The summed E-state index contributed by atoms with van der Waals surface area (Å²) in [6.45, 7) is 3.06. The molecule has 3 aliphatic rings. The van der Waals surface area contributed by atoms with E-state index in [0.717, 1.165) is 37.4 Å². The molecule has 10 heteroatoms. The fraction of sp³-hybridized carbons (Fsp3) is 0.333. The van der Waals surface area contributed by atoms with Gasteiger partial charge in [0.2, 0.25) is 0 Å². The number of fused-ring (bicyclic) bond motifs is 4. The van der Waals surface area contributed by atoms with Gasteiger partial charge in [-0.2, -0.15) is 9.97 Å². The largest absolute Gasteiger partial charge is 0.507 e. The average Bonchev–Trinajstić information content (AvgIpc) is 3.27. The predicted octanol–water partition coefficient (Wildman–Crippen LogP) is 5.65. The van der Waals surface area contributed by atoms with Crippen LogP contribution in [-0.4, -0.2) is 58.7 Å². The number of hydrogen-bond donors (Lipinski definition) is 2. The number of anilines is 1. The number of phenolic OH excluding ortho intramolecular Hbond substituents is 1. The summed E-state index contributed by atoms with van der Waals surface area (Å²) in [5.74, 6) is -0.903. The van der Waals surface area contributed by atoms with E-state index in [1.807, 2.05) is 12.1 Å². The number of phenols is 1. The molecular formula is C30H28ClF2N5O2. The lowest BCUT2D eigenvalue weighted by atomic mass is 9.99. The quantitative estimate of drug-likeness (QED) is 0.332. The molecule has 2 fully saturated rings. The Morgan fingerprint density at radius 2 is 1.82 bits per heavy atom. The smallest absolute Gasteiger partial charge is 0.324 e. The van der Waals surface area contributed by atoms with Crippen LogP contribution in [-0.2, 0) is 13.0 Å². The molecule has 0 amide bonds. The summed E-state index contributed by atoms with van der Waals surface area (Å²) in [5.41, 5.74) is 1.64. The molecule has 4 heterocycles. The molecular weight excluding hydrogens is 536 g/mol. The first-order chi connectivity index (χ1) is 19.4. The maximum atomic E-state index is 16.4. The second-order valence-electron chi connectivity index (χ2n) is 10.9. The van der Waals surface area contributed by atoms with Crippen molar-refractivity contribution in [3.63, 3.8) is 0 Å². The molecule has 40 heavy (non-hydrogen) atoms. The number of likely N-dealkylation sites (N-methyl/N-ethyl adjacent to an activating group) is 1. The molecule has 0 spiro atoms. The lowest BCUT2D eigenvalue weighted by molar-refractivity contribution is 0.304. The first-order valence-electron chi connectivity index (χ1n) is 13.5. The second-order valence-corrected chi connectivity index (χ2v) is 11.3. The van der Waals surface area contributed by atoms with Gasteiger partial charge in [-0.05, 0) is 56.1 Å². The molecule has 0 aliphatic carbocycles. The van der Waals surface area contributed by atoms with Gasteiger partial charge in [0.05, 0.1) is 10.6 Å². The van der Waals surface area contributed by atoms with E-state index in [2.05, 4.69) is 33.2 Å². The van der Waals surface area contributed by atoms with Crippen LogP contribution in [0.3, 0.4) is 0 Å². The van der Waals surface area contributed by atoms with Crippen molar-refractivity contribution in [2.75, 3.05) is 31.6 Å². The van der Waals surface area contributed by atoms with Gasteiger partial charge in [-0.3, -0.25) is 0 Å². The lowest BCUT2D eigenvalue weighted by Gasteiger charge is -2.34. The standard InChI is InChI=1S/C30H28ClF2N5O2/c1-37-11-10-16-4-2-7-24(20(16)15-37)40-30-35-28-19(29(36-30)38-13-17-8-9-18(14-38)34-17)12-21(31)25(27(28)33)26-22(32)5-3-6-23(26)39/h2-7,12,17-18,34,39H,8-11,13-15H2,1H3. The fourth-order valence-electron chi connectivity index (χ4n) is 6.28. The Balaban J connectivity index is 1.41. The van der Waals surface area contributed by atoms with Crippen molar-refractivity contribution in [3.05, 3.63) is 70.2 Å². The number of rotatable bonds is 4. The third-order valence-corrected chi connectivity index (χ3v) is 8.52. The third kappa shape index (κ3) is 4.33. The minimum atomic E-state index is -0.843. The van der Waals surface area contributed by atoms with Crippen LogP contribution < -0.4 is 15.0 Å². The summed E-state index contributed by atoms with van der Waals surface area (Å²) in [7, 11) is 2.06. The van der Waals surface area contributed by atoms with Gasteiger partial charge < -0.3 is 25.0 Å². The number of ether oxygens (including phenoxy) is 1. The number of nitrogens with one attached hydrogen (secondary N) is 1. The molecule has 1 aromatic heterocycles. The predicted molar refractivity (Wildman–Crippen MR) is 150 cm³/mol. The molecule has 7 nitrogen and oxygen atoms in total. The highest BCUT2D eigenvalue weighted by Gasteiger charge is 2.34. The molecule has 2 N–H and O–H groups in total. The van der Waals surface area contributed by atoms with E-state index in [1.165, 1.54) is 17.7 Å². The Morgan fingerprint density at radius 1 is 1.05 bits per heavy atom. The maximum absolute atomic E-state index is 16.4. The highest BCUT2D eigenvalue weighted by molar-refractivity contribution is 6.34. The topological polar surface area (TPSA) is 73.8 Å². The zero-order chi connectivity index (χ0) is 27.5. The van der Waals surface area contributed by atoms with Crippen LogP contribution in [0.25, 0.3) is 22.0 Å². The van der Waals surface area contributed by atoms with E-state index in [1.54, 1.807) is 6.07 Å². The number of nitrogens with zero attached hydrogens (tertiary/aromatic N) is 4. The number of aromatic nitrogens is 2. The van der Waals surface area contributed by atoms with Crippen molar-refractivity contribution in [2.45, 2.75) is 37.9 Å². The Kier molecular flexibility index (Phi) is 6.25. The number of halogens is 3. The average molecular weight is 564 g/mol. The first kappa shape index (κ1) is 25.4. The van der Waals surface area contributed by atoms with E-state index >= 15 is 4.39 Å². The van der Waals surface area contributed by atoms with Gasteiger partial charge in [0, 0.05) is 54.8 Å². The Morgan fingerprint density at radius 3 is 2.60 bits per heavy atom. The number of hydrogen-bond acceptors (Lipinski definition) is 7. The van der Waals surface area contributed by atoms with Crippen molar-refractivity contribution in [2.24, 2.45) is 0 Å². The van der Waals surface area contributed by atoms with Gasteiger partial charge in [-0.1, -0.05) is 29.8 Å². The highest BCUT2D eigenvalue weighted by Crippen LogP contribution is 2.43. The molecule has 2 atom stereocenters. The molecule has 2 unspecified atom stereocenters. The lowest BCUT2D eigenvalue weighted by Crippen LogP contribution is -2.51. The molecule has 0 radical (unpaired) electrons. The summed E-state index contributed by atoms with van der Waals surface area (Å²) in [4.78, 5) is 13.7. The third-order valence-electron chi connectivity index (χ3n) is 8.22. The van der Waals surface area contributed by atoms with Crippen LogP contribution in [0, 0.1) is 11.6 Å². The van der Waals surface area contributed by atoms with Crippen LogP contribution in [0.4, 0.5) is 14.6 Å². The summed E-state index contributed by atoms with van der Waals surface area (Å²) < 4.78 is 37.5. The Hall–Kier alpha value is -3.53. The Labute approximate surface area is 235 Å². The monoisotopic (exact) mass is 563 g/mol. The summed E-state index contributed by atoms with van der Waals surface area (Å²) in [5, 5.41) is 14.4. The van der Waals surface area contributed by atoms with Gasteiger partial charge >= 0.3 is 6.01 Å². The van der Waals surface area contributed by atoms with E-state index in [0.29, 0.717) is 48.7 Å².